The third-order valence-corrected chi connectivity index (χ3v) is 6.31. The number of rotatable bonds is 10. The summed E-state index contributed by atoms with van der Waals surface area (Å²) >= 11 is 3.41. The maximum Gasteiger partial charge on any atom is 0.308 e. The van der Waals surface area contributed by atoms with E-state index < -0.39 is 11.9 Å². The fourth-order valence-electron chi connectivity index (χ4n) is 3.87. The average molecular weight is 594 g/mol. The first-order chi connectivity index (χ1) is 18.7. The minimum atomic E-state index is -0.517. The second-order valence-corrected chi connectivity index (χ2v) is 9.40. The van der Waals surface area contributed by atoms with E-state index in [2.05, 4.69) is 57.0 Å². The van der Waals surface area contributed by atoms with Crippen LogP contribution in [0.4, 0.5) is 0 Å². The lowest BCUT2D eigenvalue weighted by molar-refractivity contribution is -0.132. The highest BCUT2D eigenvalue weighted by Crippen LogP contribution is 2.33. The van der Waals surface area contributed by atoms with Crippen molar-refractivity contribution in [3.8, 4) is 22.9 Å². The number of ether oxygens (including phenoxy) is 3. The smallest absolute Gasteiger partial charge is 0.308 e. The number of hydrogen-bond acceptors (Lipinski definition) is 7. The number of aromatic nitrogens is 1. The molecule has 4 rings (SSSR count). The molecule has 0 saturated carbocycles. The van der Waals surface area contributed by atoms with Crippen LogP contribution in [0.15, 0.2) is 74.7 Å². The Kier molecular flexibility index (Phi) is 8.88. The Bertz CT molecular complexity index is 1480. The summed E-state index contributed by atoms with van der Waals surface area (Å²) in [6.07, 6.45) is 1.44. The van der Waals surface area contributed by atoms with Gasteiger partial charge < -0.3 is 23.2 Å². The zero-order valence-corrected chi connectivity index (χ0v) is 23.6. The van der Waals surface area contributed by atoms with Crippen LogP contribution < -0.4 is 19.6 Å². The first kappa shape index (κ1) is 27.7. The van der Waals surface area contributed by atoms with E-state index in [-0.39, 0.29) is 18.1 Å². The number of aryl methyl sites for hydroxylation is 2. The molecule has 0 radical (unpaired) electrons. The molecular formula is C29H28BrN3O6. The van der Waals surface area contributed by atoms with E-state index in [0.717, 1.165) is 17.1 Å². The summed E-state index contributed by atoms with van der Waals surface area (Å²) in [6.45, 7) is 7.80. The number of amides is 1. The third kappa shape index (κ3) is 6.97. The molecule has 0 spiro atoms. The van der Waals surface area contributed by atoms with Crippen molar-refractivity contribution >= 4 is 34.0 Å². The quantitative estimate of drug-likeness (QED) is 0.103. The van der Waals surface area contributed by atoms with Gasteiger partial charge in [0.25, 0.3) is 0 Å². The van der Waals surface area contributed by atoms with Crippen LogP contribution in [0.1, 0.15) is 47.1 Å². The first-order valence-electron chi connectivity index (χ1n) is 12.2. The summed E-state index contributed by atoms with van der Waals surface area (Å²) in [5, 5.41) is 4.00. The van der Waals surface area contributed by atoms with Gasteiger partial charge in [0.15, 0.2) is 17.3 Å². The summed E-state index contributed by atoms with van der Waals surface area (Å²) in [5.41, 5.74) is 6.42. The number of benzene rings is 2. The van der Waals surface area contributed by atoms with Gasteiger partial charge in [-0.3, -0.25) is 9.59 Å². The van der Waals surface area contributed by atoms with Crippen molar-refractivity contribution in [3.63, 3.8) is 0 Å². The molecule has 0 fully saturated rings. The van der Waals surface area contributed by atoms with Gasteiger partial charge in [0.2, 0.25) is 0 Å². The predicted octanol–water partition coefficient (Wildman–Crippen LogP) is 6.12. The van der Waals surface area contributed by atoms with Gasteiger partial charge in [0, 0.05) is 34.0 Å². The molecular weight excluding hydrogens is 566 g/mol. The van der Waals surface area contributed by atoms with Gasteiger partial charge in [-0.05, 0) is 97.4 Å². The monoisotopic (exact) mass is 593 g/mol. The van der Waals surface area contributed by atoms with Gasteiger partial charge in [-0.2, -0.15) is 5.10 Å². The molecule has 2 aromatic carbocycles. The van der Waals surface area contributed by atoms with Gasteiger partial charge in [-0.25, -0.2) is 5.43 Å². The summed E-state index contributed by atoms with van der Waals surface area (Å²) in [7, 11) is 0. The summed E-state index contributed by atoms with van der Waals surface area (Å²) in [6, 6.07) is 18.4. The molecule has 9 nitrogen and oxygen atoms in total. The lowest BCUT2D eigenvalue weighted by atomic mass is 10.2. The Morgan fingerprint density at radius 2 is 1.72 bits per heavy atom. The van der Waals surface area contributed by atoms with Crippen LogP contribution in [0.25, 0.3) is 5.69 Å². The standard InChI is InChI=1S/C29H28BrN3O6/c1-5-36-27-14-21(25(30)15-28(27)38-20(4)34)16-31-32-29(35)26-13-12-24(39-26)17-37-23-10-8-22(9-11-23)33-18(2)6-7-19(33)3/h6-16H,5,17H2,1-4H3,(H,32,35)/b31-16+. The van der Waals surface area contributed by atoms with Crippen molar-refractivity contribution in [1.82, 2.24) is 9.99 Å². The topological polar surface area (TPSA) is 104 Å². The number of nitrogens with one attached hydrogen (secondary N) is 1. The van der Waals surface area contributed by atoms with Crippen molar-refractivity contribution in [2.45, 2.75) is 34.3 Å². The predicted molar refractivity (Wildman–Crippen MR) is 150 cm³/mol. The Balaban J connectivity index is 1.34. The molecule has 202 valence electrons. The van der Waals surface area contributed by atoms with Crippen LogP contribution in [-0.2, 0) is 11.4 Å². The molecule has 1 N–H and O–H groups in total. The Morgan fingerprint density at radius 3 is 2.38 bits per heavy atom. The van der Waals surface area contributed by atoms with E-state index in [1.807, 2.05) is 31.2 Å². The molecule has 4 aromatic rings. The van der Waals surface area contributed by atoms with Gasteiger partial charge in [-0.15, -0.1) is 0 Å². The lowest BCUT2D eigenvalue weighted by Gasteiger charge is -2.11. The fraction of sp³-hybridized carbons (Fsp3) is 0.207. The Hall–Kier alpha value is -4.31. The van der Waals surface area contributed by atoms with Gasteiger partial charge in [-0.1, -0.05) is 0 Å². The van der Waals surface area contributed by atoms with Gasteiger partial charge >= 0.3 is 11.9 Å². The van der Waals surface area contributed by atoms with Crippen LogP contribution in [0, 0.1) is 13.8 Å². The molecule has 0 aliphatic heterocycles. The number of carbonyl (C=O) groups is 2. The second kappa shape index (κ2) is 12.5. The molecule has 0 saturated heterocycles. The minimum Gasteiger partial charge on any atom is -0.490 e. The normalized spacial score (nSPS) is 11.0. The van der Waals surface area contributed by atoms with E-state index in [0.29, 0.717) is 33.9 Å². The van der Waals surface area contributed by atoms with Crippen LogP contribution >= 0.6 is 15.9 Å². The van der Waals surface area contributed by atoms with Crippen LogP contribution in [0.2, 0.25) is 0 Å². The molecule has 0 bridgehead atoms. The Labute approximate surface area is 234 Å². The van der Waals surface area contributed by atoms with E-state index in [1.54, 1.807) is 24.3 Å². The van der Waals surface area contributed by atoms with E-state index >= 15 is 0 Å². The zero-order chi connectivity index (χ0) is 27.9. The van der Waals surface area contributed by atoms with Gasteiger partial charge in [0.05, 0.1) is 12.8 Å². The Morgan fingerprint density at radius 1 is 1.00 bits per heavy atom. The molecule has 1 amide bonds. The number of hydrogen-bond donors (Lipinski definition) is 1. The molecule has 0 aliphatic carbocycles. The number of halogens is 1. The van der Waals surface area contributed by atoms with Crippen molar-refractivity contribution in [3.05, 3.63) is 93.6 Å². The average Bonchev–Trinajstić information content (AvgIpc) is 3.51. The summed E-state index contributed by atoms with van der Waals surface area (Å²) in [5.74, 6) is 0.959. The van der Waals surface area contributed by atoms with Crippen molar-refractivity contribution in [2.75, 3.05) is 6.61 Å². The summed E-state index contributed by atoms with van der Waals surface area (Å²) in [4.78, 5) is 23.9. The largest absolute Gasteiger partial charge is 0.490 e. The minimum absolute atomic E-state index is 0.0962. The van der Waals surface area contributed by atoms with Gasteiger partial charge in [0.1, 0.15) is 18.1 Å². The number of carbonyl (C=O) groups excluding carboxylic acids is 2. The first-order valence-corrected chi connectivity index (χ1v) is 13.0. The third-order valence-electron chi connectivity index (χ3n) is 5.62. The lowest BCUT2D eigenvalue weighted by Crippen LogP contribution is -2.16. The van der Waals surface area contributed by atoms with Crippen molar-refractivity contribution in [1.29, 1.82) is 0 Å². The van der Waals surface area contributed by atoms with E-state index in [1.165, 1.54) is 13.1 Å². The number of nitrogens with zero attached hydrogens (tertiary/aromatic N) is 2. The summed E-state index contributed by atoms with van der Waals surface area (Å²) < 4.78 is 24.9. The van der Waals surface area contributed by atoms with Crippen molar-refractivity contribution in [2.24, 2.45) is 5.10 Å². The highest BCUT2D eigenvalue weighted by atomic mass is 79.9. The fourth-order valence-corrected chi connectivity index (χ4v) is 4.29. The maximum atomic E-state index is 12.5. The number of esters is 1. The number of furan rings is 1. The van der Waals surface area contributed by atoms with E-state index in [9.17, 15) is 9.59 Å². The van der Waals surface area contributed by atoms with Crippen LogP contribution in [0.3, 0.4) is 0 Å². The molecule has 2 aromatic heterocycles. The maximum absolute atomic E-state index is 12.5. The highest BCUT2D eigenvalue weighted by Gasteiger charge is 2.14. The van der Waals surface area contributed by atoms with Crippen molar-refractivity contribution < 1.29 is 28.2 Å². The zero-order valence-electron chi connectivity index (χ0n) is 22.0. The molecule has 0 atom stereocenters. The number of hydrazone groups is 1. The molecule has 0 unspecified atom stereocenters. The van der Waals surface area contributed by atoms with Crippen LogP contribution in [0.5, 0.6) is 17.2 Å². The molecule has 39 heavy (non-hydrogen) atoms. The molecule has 0 aliphatic rings. The SMILES string of the molecule is CCOc1cc(/C=N/NC(=O)c2ccc(COc3ccc(-n4c(C)ccc4C)cc3)o2)c(Br)cc1OC(C)=O. The highest BCUT2D eigenvalue weighted by molar-refractivity contribution is 9.10. The van der Waals surface area contributed by atoms with E-state index in [4.69, 9.17) is 18.6 Å². The molecule has 10 heteroatoms. The van der Waals surface area contributed by atoms with Crippen LogP contribution in [-0.4, -0.2) is 29.3 Å². The molecule has 2 heterocycles. The second-order valence-electron chi connectivity index (χ2n) is 8.55.